The number of nitrogens with one attached hydrogen (secondary N) is 1. The zero-order valence-electron chi connectivity index (χ0n) is 13.6. The zero-order valence-corrected chi connectivity index (χ0v) is 14.4. The highest BCUT2D eigenvalue weighted by Crippen LogP contribution is 2.32. The van der Waals surface area contributed by atoms with Crippen molar-refractivity contribution in [3.8, 4) is 11.1 Å². The summed E-state index contributed by atoms with van der Waals surface area (Å²) < 4.78 is 23.9. The summed E-state index contributed by atoms with van der Waals surface area (Å²) >= 11 is 0. The number of fused-ring (bicyclic) bond motifs is 1. The summed E-state index contributed by atoms with van der Waals surface area (Å²) in [6.07, 6.45) is 0. The number of nitrogens with two attached hydrogens (primary N) is 1. The molecule has 3 N–H and O–H groups in total. The van der Waals surface area contributed by atoms with Gasteiger partial charge in [0.15, 0.2) is 9.84 Å². The Morgan fingerprint density at radius 3 is 2.20 bits per heavy atom. The van der Waals surface area contributed by atoms with E-state index in [0.29, 0.717) is 17.9 Å². The molecule has 2 aliphatic heterocycles. The Balaban J connectivity index is 1.64. The number of hydrogen-bond acceptors (Lipinski definition) is 4. The second-order valence-corrected chi connectivity index (χ2v) is 8.78. The number of nitrogens with zero attached hydrogens (tertiary/aromatic N) is 1. The second kappa shape index (κ2) is 5.77. The van der Waals surface area contributed by atoms with Gasteiger partial charge < -0.3 is 11.1 Å². The van der Waals surface area contributed by atoms with Crippen LogP contribution in [0.4, 0.5) is 16.2 Å². The number of nitrogen functional groups attached to an aromatic ring is 1. The number of benzene rings is 2. The van der Waals surface area contributed by atoms with E-state index in [1.54, 1.807) is 4.90 Å². The van der Waals surface area contributed by atoms with Crippen LogP contribution >= 0.6 is 0 Å². The average Bonchev–Trinajstić information content (AvgIpc) is 2.90. The quantitative estimate of drug-likeness (QED) is 0.803. The molecule has 0 radical (unpaired) electrons. The summed E-state index contributed by atoms with van der Waals surface area (Å²) in [6, 6.07) is 14.6. The smallest absolute Gasteiger partial charge is 0.322 e. The van der Waals surface area contributed by atoms with Crippen LogP contribution in [0.15, 0.2) is 48.5 Å². The highest BCUT2D eigenvalue weighted by Gasteiger charge is 2.46. The number of urea groups is 1. The van der Waals surface area contributed by atoms with Gasteiger partial charge in [0, 0.05) is 23.8 Å². The van der Waals surface area contributed by atoms with Crippen molar-refractivity contribution in [1.29, 1.82) is 0 Å². The van der Waals surface area contributed by atoms with Crippen LogP contribution in [0.1, 0.15) is 0 Å². The fourth-order valence-electron chi connectivity index (χ4n) is 3.63. The summed E-state index contributed by atoms with van der Waals surface area (Å²) in [5, 5.41) is 2.80. The van der Waals surface area contributed by atoms with Crippen LogP contribution in [0.2, 0.25) is 0 Å². The molecule has 0 aromatic heterocycles. The highest BCUT2D eigenvalue weighted by molar-refractivity contribution is 7.91. The topological polar surface area (TPSA) is 92.5 Å². The summed E-state index contributed by atoms with van der Waals surface area (Å²) in [5.41, 5.74) is 9.18. The Morgan fingerprint density at radius 2 is 1.56 bits per heavy atom. The largest absolute Gasteiger partial charge is 0.399 e. The molecule has 0 bridgehead atoms. The molecule has 25 heavy (non-hydrogen) atoms. The SMILES string of the molecule is Nc1ccc(-c2ccc(N3C(=O)NC[C@H]4CS(=O)(=O)C[C@H]43)cc2)cc1. The molecule has 2 aromatic carbocycles. The van der Waals surface area contributed by atoms with Gasteiger partial charge in [-0.15, -0.1) is 0 Å². The van der Waals surface area contributed by atoms with Crippen LogP contribution < -0.4 is 16.0 Å². The number of sulfone groups is 1. The van der Waals surface area contributed by atoms with Crippen molar-refractivity contribution in [1.82, 2.24) is 5.32 Å². The molecule has 0 aliphatic carbocycles. The van der Waals surface area contributed by atoms with E-state index in [-0.39, 0.29) is 29.5 Å². The Bertz CT molecular complexity index is 908. The molecule has 2 heterocycles. The lowest BCUT2D eigenvalue weighted by molar-refractivity contribution is 0.233. The van der Waals surface area contributed by atoms with E-state index in [9.17, 15) is 13.2 Å². The van der Waals surface area contributed by atoms with Crippen molar-refractivity contribution < 1.29 is 13.2 Å². The van der Waals surface area contributed by atoms with Crippen molar-refractivity contribution in [3.63, 3.8) is 0 Å². The molecular formula is C18H19N3O3S. The van der Waals surface area contributed by atoms with Gasteiger partial charge in [0.2, 0.25) is 0 Å². The van der Waals surface area contributed by atoms with Gasteiger partial charge in [0.05, 0.1) is 17.5 Å². The van der Waals surface area contributed by atoms with Crippen LogP contribution in [0.5, 0.6) is 0 Å². The number of carbonyl (C=O) groups is 1. The van der Waals surface area contributed by atoms with Gasteiger partial charge >= 0.3 is 6.03 Å². The molecule has 2 fully saturated rings. The molecule has 130 valence electrons. The van der Waals surface area contributed by atoms with Crippen LogP contribution in [0.25, 0.3) is 11.1 Å². The molecule has 6 nitrogen and oxygen atoms in total. The van der Waals surface area contributed by atoms with Gasteiger partial charge in [-0.1, -0.05) is 24.3 Å². The molecule has 0 spiro atoms. The molecule has 0 unspecified atom stereocenters. The summed E-state index contributed by atoms with van der Waals surface area (Å²) in [4.78, 5) is 13.9. The molecule has 2 saturated heterocycles. The van der Waals surface area contributed by atoms with Crippen molar-refractivity contribution in [2.24, 2.45) is 5.92 Å². The third-order valence-electron chi connectivity index (χ3n) is 4.89. The first-order valence-electron chi connectivity index (χ1n) is 8.16. The lowest BCUT2D eigenvalue weighted by atomic mass is 9.98. The maximum absolute atomic E-state index is 12.3. The van der Waals surface area contributed by atoms with Crippen LogP contribution in [-0.4, -0.2) is 38.5 Å². The minimum Gasteiger partial charge on any atom is -0.399 e. The minimum atomic E-state index is -3.09. The predicted octanol–water partition coefficient (Wildman–Crippen LogP) is 1.88. The maximum atomic E-state index is 12.3. The number of hydrogen-bond donors (Lipinski definition) is 2. The van der Waals surface area contributed by atoms with Crippen molar-refractivity contribution in [3.05, 3.63) is 48.5 Å². The first-order valence-corrected chi connectivity index (χ1v) is 9.98. The third kappa shape index (κ3) is 2.95. The number of amides is 2. The van der Waals surface area contributed by atoms with Gasteiger partial charge in [0.25, 0.3) is 0 Å². The van der Waals surface area contributed by atoms with Gasteiger partial charge in [-0.25, -0.2) is 13.2 Å². The Morgan fingerprint density at radius 1 is 0.960 bits per heavy atom. The van der Waals surface area contributed by atoms with Crippen molar-refractivity contribution in [2.75, 3.05) is 28.7 Å². The summed E-state index contributed by atoms with van der Waals surface area (Å²) in [6.45, 7) is 0.419. The fraction of sp³-hybridized carbons (Fsp3) is 0.278. The maximum Gasteiger partial charge on any atom is 0.322 e. The van der Waals surface area contributed by atoms with E-state index in [1.807, 2.05) is 48.5 Å². The fourth-order valence-corrected chi connectivity index (χ4v) is 5.70. The summed E-state index contributed by atoms with van der Waals surface area (Å²) in [7, 11) is -3.09. The molecular weight excluding hydrogens is 338 g/mol. The van der Waals surface area contributed by atoms with Crippen LogP contribution in [0.3, 0.4) is 0 Å². The molecule has 0 saturated carbocycles. The normalized spacial score (nSPS) is 24.6. The Hall–Kier alpha value is -2.54. The lowest BCUT2D eigenvalue weighted by Crippen LogP contribution is -2.57. The average molecular weight is 357 g/mol. The highest BCUT2D eigenvalue weighted by atomic mass is 32.2. The number of carbonyl (C=O) groups excluding carboxylic acids is 1. The number of anilines is 2. The predicted molar refractivity (Wildman–Crippen MR) is 98.1 cm³/mol. The molecule has 4 rings (SSSR count). The van der Waals surface area contributed by atoms with Crippen molar-refractivity contribution >= 4 is 27.2 Å². The first-order chi connectivity index (χ1) is 11.9. The molecule has 2 aliphatic rings. The Kier molecular flexibility index (Phi) is 3.68. The minimum absolute atomic E-state index is 0.0325. The van der Waals surface area contributed by atoms with Crippen LogP contribution in [-0.2, 0) is 9.84 Å². The van der Waals surface area contributed by atoms with Gasteiger partial charge in [-0.3, -0.25) is 4.90 Å². The van der Waals surface area contributed by atoms with E-state index in [0.717, 1.165) is 11.1 Å². The lowest BCUT2D eigenvalue weighted by Gasteiger charge is -2.37. The van der Waals surface area contributed by atoms with Crippen LogP contribution in [0, 0.1) is 5.92 Å². The Labute approximate surface area is 146 Å². The van der Waals surface area contributed by atoms with E-state index in [2.05, 4.69) is 5.32 Å². The molecule has 2 aromatic rings. The molecule has 7 heteroatoms. The monoisotopic (exact) mass is 357 g/mol. The van der Waals surface area contributed by atoms with Gasteiger partial charge in [-0.05, 0) is 35.4 Å². The van der Waals surface area contributed by atoms with E-state index in [1.165, 1.54) is 0 Å². The van der Waals surface area contributed by atoms with E-state index < -0.39 is 9.84 Å². The zero-order chi connectivity index (χ0) is 17.6. The molecule has 2 atom stereocenters. The third-order valence-corrected chi connectivity index (χ3v) is 6.68. The second-order valence-electron chi connectivity index (χ2n) is 6.63. The van der Waals surface area contributed by atoms with Gasteiger partial charge in [0.1, 0.15) is 0 Å². The number of rotatable bonds is 2. The van der Waals surface area contributed by atoms with Crippen molar-refractivity contribution in [2.45, 2.75) is 6.04 Å². The first kappa shape index (κ1) is 16.0. The summed E-state index contributed by atoms with van der Waals surface area (Å²) in [5.74, 6) is 0.113. The molecule has 2 amide bonds. The van der Waals surface area contributed by atoms with Gasteiger partial charge in [-0.2, -0.15) is 0 Å². The van der Waals surface area contributed by atoms with E-state index in [4.69, 9.17) is 5.73 Å². The van der Waals surface area contributed by atoms with E-state index >= 15 is 0 Å². The standard InChI is InChI=1S/C18H19N3O3S/c19-15-5-1-12(2-6-15)13-3-7-16(8-4-13)21-17-11-25(23,24)10-14(17)9-20-18(21)22/h1-8,14,17H,9-11,19H2,(H,20,22)/t14-,17+/m0/s1.